The molecule has 0 atom stereocenters. The summed E-state index contributed by atoms with van der Waals surface area (Å²) in [6.07, 6.45) is 0. The highest BCUT2D eigenvalue weighted by Gasteiger charge is 2.23. The molecule has 0 unspecified atom stereocenters. The number of rotatable bonds is 6. The number of carbonyl (C=O) groups is 1. The Kier molecular flexibility index (Phi) is 5.61. The fourth-order valence-corrected chi connectivity index (χ4v) is 3.65. The zero-order chi connectivity index (χ0) is 19.5. The van der Waals surface area contributed by atoms with Crippen molar-refractivity contribution in [1.29, 1.82) is 0 Å². The molecule has 0 aliphatic heterocycles. The number of hydrogen-bond acceptors (Lipinski definition) is 5. The molecule has 0 aliphatic rings. The Morgan fingerprint density at radius 3 is 2.42 bits per heavy atom. The van der Waals surface area contributed by atoms with Gasteiger partial charge in [0.05, 0.1) is 21.1 Å². The zero-order valence-electron chi connectivity index (χ0n) is 14.5. The summed E-state index contributed by atoms with van der Waals surface area (Å²) in [7, 11) is -4.12. The molecule has 2 aromatic rings. The molecular formula is C17H19N3O5S. The molecule has 1 amide bonds. The van der Waals surface area contributed by atoms with E-state index >= 15 is 0 Å². The summed E-state index contributed by atoms with van der Waals surface area (Å²) in [5.41, 5.74) is 0.276. The minimum absolute atomic E-state index is 0.0940. The van der Waals surface area contributed by atoms with Gasteiger partial charge in [-0.1, -0.05) is 18.2 Å². The van der Waals surface area contributed by atoms with E-state index in [2.05, 4.69) is 10.0 Å². The molecule has 0 radical (unpaired) electrons. The number of amides is 1. The van der Waals surface area contributed by atoms with Crippen molar-refractivity contribution in [1.82, 2.24) is 5.32 Å². The first kappa shape index (κ1) is 19.4. The van der Waals surface area contributed by atoms with Gasteiger partial charge in [-0.15, -0.1) is 0 Å². The van der Waals surface area contributed by atoms with E-state index in [1.165, 1.54) is 31.2 Å². The summed E-state index contributed by atoms with van der Waals surface area (Å²) in [5.74, 6) is -0.422. The minimum Gasteiger partial charge on any atom is -0.350 e. The van der Waals surface area contributed by atoms with Crippen LogP contribution in [0.3, 0.4) is 0 Å². The van der Waals surface area contributed by atoms with Crippen molar-refractivity contribution in [2.24, 2.45) is 0 Å². The number of aryl methyl sites for hydroxylation is 1. The Hall–Kier alpha value is -2.94. The van der Waals surface area contributed by atoms with Crippen LogP contribution in [-0.2, 0) is 10.0 Å². The Bertz CT molecular complexity index is 955. The van der Waals surface area contributed by atoms with Gasteiger partial charge in [0.25, 0.3) is 21.6 Å². The van der Waals surface area contributed by atoms with Crippen molar-refractivity contribution < 1.29 is 18.1 Å². The molecule has 0 bridgehead atoms. The van der Waals surface area contributed by atoms with E-state index in [9.17, 15) is 23.3 Å². The monoisotopic (exact) mass is 377 g/mol. The Morgan fingerprint density at radius 1 is 1.15 bits per heavy atom. The predicted molar refractivity (Wildman–Crippen MR) is 97.7 cm³/mol. The van der Waals surface area contributed by atoms with E-state index in [-0.39, 0.29) is 27.9 Å². The molecule has 0 spiro atoms. The van der Waals surface area contributed by atoms with E-state index in [4.69, 9.17) is 0 Å². The van der Waals surface area contributed by atoms with E-state index in [1.54, 1.807) is 26.0 Å². The van der Waals surface area contributed by atoms with Crippen molar-refractivity contribution in [3.05, 3.63) is 63.7 Å². The number of sulfonamides is 1. The maximum absolute atomic E-state index is 12.7. The predicted octanol–water partition coefficient (Wildman–Crippen LogP) is 2.84. The SMILES string of the molecule is Cc1ccc([N+](=O)[O-])cc1S(=O)(=O)Nc1ccccc1C(=O)NC(C)C. The molecule has 0 fully saturated rings. The second-order valence-corrected chi connectivity index (χ2v) is 7.64. The minimum atomic E-state index is -4.12. The molecule has 0 saturated heterocycles. The lowest BCUT2D eigenvalue weighted by Gasteiger charge is -2.15. The van der Waals surface area contributed by atoms with Crippen LogP contribution in [-0.4, -0.2) is 25.3 Å². The van der Waals surface area contributed by atoms with Gasteiger partial charge in [0.2, 0.25) is 0 Å². The second-order valence-electron chi connectivity index (χ2n) is 5.99. The topological polar surface area (TPSA) is 118 Å². The smallest absolute Gasteiger partial charge is 0.270 e. The lowest BCUT2D eigenvalue weighted by molar-refractivity contribution is -0.385. The van der Waals surface area contributed by atoms with Crippen LogP contribution >= 0.6 is 0 Å². The van der Waals surface area contributed by atoms with Crippen LogP contribution in [0.2, 0.25) is 0 Å². The maximum Gasteiger partial charge on any atom is 0.270 e. The molecule has 0 aromatic heterocycles. The Labute approximate surface area is 151 Å². The lowest BCUT2D eigenvalue weighted by Crippen LogP contribution is -2.31. The molecule has 0 heterocycles. The average Bonchev–Trinajstić information content (AvgIpc) is 2.54. The highest BCUT2D eigenvalue weighted by molar-refractivity contribution is 7.92. The first-order valence-electron chi connectivity index (χ1n) is 7.79. The maximum atomic E-state index is 12.7. The third-order valence-electron chi connectivity index (χ3n) is 3.51. The summed E-state index contributed by atoms with van der Waals surface area (Å²) in [6.45, 7) is 5.12. The number of hydrogen-bond donors (Lipinski definition) is 2. The van der Waals surface area contributed by atoms with Crippen molar-refractivity contribution in [3.63, 3.8) is 0 Å². The van der Waals surface area contributed by atoms with Gasteiger partial charge >= 0.3 is 0 Å². The van der Waals surface area contributed by atoms with Gasteiger partial charge in [0.1, 0.15) is 0 Å². The number of anilines is 1. The van der Waals surface area contributed by atoms with E-state index in [0.717, 1.165) is 6.07 Å². The summed E-state index contributed by atoms with van der Waals surface area (Å²) < 4.78 is 27.8. The van der Waals surface area contributed by atoms with Crippen LogP contribution in [0.4, 0.5) is 11.4 Å². The van der Waals surface area contributed by atoms with E-state index in [1.807, 2.05) is 0 Å². The molecule has 0 saturated carbocycles. The fraction of sp³-hybridized carbons (Fsp3) is 0.235. The third-order valence-corrected chi connectivity index (χ3v) is 5.02. The summed E-state index contributed by atoms with van der Waals surface area (Å²) >= 11 is 0. The van der Waals surface area contributed by atoms with Crippen molar-refractivity contribution in [2.45, 2.75) is 31.7 Å². The van der Waals surface area contributed by atoms with Crippen molar-refractivity contribution in [2.75, 3.05) is 4.72 Å². The van der Waals surface area contributed by atoms with Crippen molar-refractivity contribution >= 4 is 27.3 Å². The van der Waals surface area contributed by atoms with E-state index < -0.39 is 20.9 Å². The Morgan fingerprint density at radius 2 is 1.81 bits per heavy atom. The van der Waals surface area contributed by atoms with Crippen LogP contribution in [0.25, 0.3) is 0 Å². The van der Waals surface area contributed by atoms with Crippen molar-refractivity contribution in [3.8, 4) is 0 Å². The number of nitro benzene ring substituents is 1. The van der Waals surface area contributed by atoms with Crippen LogP contribution in [0.1, 0.15) is 29.8 Å². The molecule has 2 N–H and O–H groups in total. The van der Waals surface area contributed by atoms with Gasteiger partial charge in [0, 0.05) is 18.2 Å². The lowest BCUT2D eigenvalue weighted by atomic mass is 10.1. The van der Waals surface area contributed by atoms with Gasteiger partial charge in [-0.3, -0.25) is 19.6 Å². The number of nitro groups is 1. The number of nitrogens with one attached hydrogen (secondary N) is 2. The van der Waals surface area contributed by atoms with Gasteiger partial charge < -0.3 is 5.32 Å². The number of non-ortho nitro benzene ring substituents is 1. The first-order chi connectivity index (χ1) is 12.1. The highest BCUT2D eigenvalue weighted by atomic mass is 32.2. The van der Waals surface area contributed by atoms with Gasteiger partial charge in [-0.05, 0) is 38.5 Å². The highest BCUT2D eigenvalue weighted by Crippen LogP contribution is 2.25. The van der Waals surface area contributed by atoms with E-state index in [0.29, 0.717) is 5.56 Å². The Balaban J connectivity index is 2.44. The first-order valence-corrected chi connectivity index (χ1v) is 9.28. The molecular weight excluding hydrogens is 358 g/mol. The summed E-state index contributed by atoms with van der Waals surface area (Å²) in [6, 6.07) is 9.63. The molecule has 2 aromatic carbocycles. The van der Waals surface area contributed by atoms with Gasteiger partial charge in [-0.25, -0.2) is 8.42 Å². The summed E-state index contributed by atoms with van der Waals surface area (Å²) in [4.78, 5) is 22.3. The second kappa shape index (κ2) is 7.52. The van der Waals surface area contributed by atoms with Crippen LogP contribution < -0.4 is 10.0 Å². The molecule has 26 heavy (non-hydrogen) atoms. The normalized spacial score (nSPS) is 11.2. The third kappa shape index (κ3) is 4.37. The van der Waals surface area contributed by atoms with Gasteiger partial charge in [-0.2, -0.15) is 0 Å². The standard InChI is InChI=1S/C17H19N3O5S/c1-11(2)18-17(21)14-6-4-5-7-15(14)19-26(24,25)16-10-13(20(22)23)9-8-12(16)3/h4-11,19H,1-3H3,(H,18,21). The molecule has 9 heteroatoms. The van der Waals surface area contributed by atoms with Crippen LogP contribution in [0, 0.1) is 17.0 Å². The summed E-state index contributed by atoms with van der Waals surface area (Å²) in [5, 5.41) is 13.6. The van der Waals surface area contributed by atoms with Gasteiger partial charge in [0.15, 0.2) is 0 Å². The molecule has 138 valence electrons. The molecule has 2 rings (SSSR count). The quantitative estimate of drug-likeness (QED) is 0.593. The fourth-order valence-electron chi connectivity index (χ4n) is 2.30. The molecule has 8 nitrogen and oxygen atoms in total. The van der Waals surface area contributed by atoms with Crippen LogP contribution in [0.5, 0.6) is 0 Å². The zero-order valence-corrected chi connectivity index (χ0v) is 15.3. The molecule has 0 aliphatic carbocycles. The van der Waals surface area contributed by atoms with Crippen LogP contribution in [0.15, 0.2) is 47.4 Å². The number of carbonyl (C=O) groups excluding carboxylic acids is 1. The number of nitrogens with zero attached hydrogens (tertiary/aromatic N) is 1. The average molecular weight is 377 g/mol. The largest absolute Gasteiger partial charge is 0.350 e. The number of para-hydroxylation sites is 1. The number of benzene rings is 2.